The van der Waals surface area contributed by atoms with Gasteiger partial charge in [-0.2, -0.15) is 0 Å². The summed E-state index contributed by atoms with van der Waals surface area (Å²) >= 11 is 0. The smallest absolute Gasteiger partial charge is 0.313 e. The van der Waals surface area contributed by atoms with Crippen LogP contribution in [0.3, 0.4) is 0 Å². The van der Waals surface area contributed by atoms with E-state index in [9.17, 15) is 9.59 Å². The molecular weight excluding hydrogens is 474 g/mol. The Morgan fingerprint density at radius 2 is 1.55 bits per heavy atom. The third-order valence-electron chi connectivity index (χ3n) is 6.81. The zero-order chi connectivity index (χ0) is 26.5. The molecule has 0 aliphatic rings. The number of esters is 1. The van der Waals surface area contributed by atoms with Gasteiger partial charge in [-0.05, 0) is 60.5 Å². The SMILES string of the molecule is CCOC(=O)CC(=O)c1cc2c(-c3ccccc3C)cccc2n1CCCOc1cccc2ccccc12. The summed E-state index contributed by atoms with van der Waals surface area (Å²) in [5, 5.41) is 3.20. The Bertz CT molecular complexity index is 1610. The fourth-order valence-electron chi connectivity index (χ4n) is 5.03. The van der Waals surface area contributed by atoms with Gasteiger partial charge in [0.2, 0.25) is 0 Å². The minimum absolute atomic E-state index is 0.245. The summed E-state index contributed by atoms with van der Waals surface area (Å²) in [6.07, 6.45) is 0.414. The second-order valence-electron chi connectivity index (χ2n) is 9.32. The van der Waals surface area contributed by atoms with Crippen molar-refractivity contribution in [2.24, 2.45) is 0 Å². The van der Waals surface area contributed by atoms with E-state index in [-0.39, 0.29) is 18.8 Å². The molecule has 5 heteroatoms. The number of hydrogen-bond acceptors (Lipinski definition) is 4. The number of aromatic nitrogens is 1. The molecule has 1 heterocycles. The maximum absolute atomic E-state index is 13.3. The molecule has 5 nitrogen and oxygen atoms in total. The Balaban J connectivity index is 1.45. The number of carbonyl (C=O) groups is 2. The van der Waals surface area contributed by atoms with E-state index < -0.39 is 5.97 Å². The quantitative estimate of drug-likeness (QED) is 0.0860. The average molecular weight is 506 g/mol. The number of fused-ring (bicyclic) bond motifs is 2. The van der Waals surface area contributed by atoms with Gasteiger partial charge >= 0.3 is 5.97 Å². The normalized spacial score (nSPS) is 11.1. The van der Waals surface area contributed by atoms with E-state index in [4.69, 9.17) is 9.47 Å². The van der Waals surface area contributed by atoms with Crippen LogP contribution in [0, 0.1) is 6.92 Å². The molecule has 0 N–H and O–H groups in total. The van der Waals surface area contributed by atoms with E-state index >= 15 is 0 Å². The number of hydrogen-bond donors (Lipinski definition) is 0. The molecule has 0 aliphatic heterocycles. The first-order valence-corrected chi connectivity index (χ1v) is 13.0. The molecule has 0 saturated carbocycles. The zero-order valence-electron chi connectivity index (χ0n) is 21.8. The number of benzene rings is 4. The summed E-state index contributed by atoms with van der Waals surface area (Å²) < 4.78 is 13.2. The molecule has 0 amide bonds. The first-order valence-electron chi connectivity index (χ1n) is 13.0. The molecule has 192 valence electrons. The molecule has 0 radical (unpaired) electrons. The van der Waals surface area contributed by atoms with Gasteiger partial charge in [-0.1, -0.05) is 72.8 Å². The Morgan fingerprint density at radius 3 is 2.39 bits per heavy atom. The molecule has 5 rings (SSSR count). The van der Waals surface area contributed by atoms with Crippen molar-refractivity contribution in [3.63, 3.8) is 0 Å². The molecular formula is C33H31NO4. The fraction of sp³-hybridized carbons (Fsp3) is 0.212. The Labute approximate surface area is 222 Å². The number of ketones is 1. The van der Waals surface area contributed by atoms with Gasteiger partial charge in [0.25, 0.3) is 0 Å². The largest absolute Gasteiger partial charge is 0.493 e. The second kappa shape index (κ2) is 11.3. The third kappa shape index (κ3) is 5.18. The van der Waals surface area contributed by atoms with Gasteiger partial charge in [-0.25, -0.2) is 0 Å². The summed E-state index contributed by atoms with van der Waals surface area (Å²) in [4.78, 5) is 25.4. The number of Topliss-reactive ketones (excluding diaryl/α,β-unsaturated/α-hetero) is 1. The standard InChI is InChI=1S/C33H31NO4/c1-3-37-33(36)22-31(35)30-21-28-27(25-14-6-4-11-23(25)2)16-9-17-29(28)34(30)19-10-20-38-32-18-8-13-24-12-5-7-15-26(24)32/h4-9,11-18,21H,3,10,19-20,22H2,1-2H3. The molecule has 0 saturated heterocycles. The number of ether oxygens (including phenoxy) is 2. The Morgan fingerprint density at radius 1 is 0.816 bits per heavy atom. The monoisotopic (exact) mass is 505 g/mol. The lowest BCUT2D eigenvalue weighted by atomic mass is 9.97. The first-order chi connectivity index (χ1) is 18.6. The lowest BCUT2D eigenvalue weighted by Crippen LogP contribution is -2.16. The number of nitrogens with zero attached hydrogens (tertiary/aromatic N) is 1. The van der Waals surface area contributed by atoms with Crippen LogP contribution < -0.4 is 4.74 Å². The minimum Gasteiger partial charge on any atom is -0.493 e. The minimum atomic E-state index is -0.507. The van der Waals surface area contributed by atoms with Crippen molar-refractivity contribution in [2.75, 3.05) is 13.2 Å². The third-order valence-corrected chi connectivity index (χ3v) is 6.81. The van der Waals surface area contributed by atoms with Crippen LogP contribution in [-0.2, 0) is 16.1 Å². The summed E-state index contributed by atoms with van der Waals surface area (Å²) in [5.74, 6) is 0.0963. The predicted octanol–water partition coefficient (Wildman–Crippen LogP) is 7.37. The Kier molecular flexibility index (Phi) is 7.55. The lowest BCUT2D eigenvalue weighted by Gasteiger charge is -2.13. The Hall–Kier alpha value is -4.38. The van der Waals surface area contributed by atoms with Crippen molar-refractivity contribution in [1.29, 1.82) is 0 Å². The van der Waals surface area contributed by atoms with E-state index in [1.54, 1.807) is 6.92 Å². The number of carbonyl (C=O) groups excluding carboxylic acids is 2. The zero-order valence-corrected chi connectivity index (χ0v) is 21.8. The molecule has 5 aromatic rings. The highest BCUT2D eigenvalue weighted by Crippen LogP contribution is 2.33. The molecule has 0 aliphatic carbocycles. The number of rotatable bonds is 10. The van der Waals surface area contributed by atoms with Gasteiger partial charge in [0.15, 0.2) is 5.78 Å². The number of aryl methyl sites for hydroxylation is 2. The van der Waals surface area contributed by atoms with E-state index in [0.29, 0.717) is 25.3 Å². The maximum atomic E-state index is 13.3. The highest BCUT2D eigenvalue weighted by molar-refractivity contribution is 6.09. The van der Waals surface area contributed by atoms with Crippen LogP contribution >= 0.6 is 0 Å². The van der Waals surface area contributed by atoms with Crippen LogP contribution in [0.2, 0.25) is 0 Å². The summed E-state index contributed by atoms with van der Waals surface area (Å²) in [6.45, 7) is 5.15. The lowest BCUT2D eigenvalue weighted by molar-refractivity contribution is -0.141. The highest BCUT2D eigenvalue weighted by atomic mass is 16.5. The molecule has 1 aromatic heterocycles. The summed E-state index contributed by atoms with van der Waals surface area (Å²) in [5.41, 5.74) is 4.83. The highest BCUT2D eigenvalue weighted by Gasteiger charge is 2.21. The van der Waals surface area contributed by atoms with Crippen molar-refractivity contribution in [2.45, 2.75) is 33.2 Å². The van der Waals surface area contributed by atoms with Crippen LogP contribution in [0.25, 0.3) is 32.8 Å². The predicted molar refractivity (Wildman–Crippen MR) is 152 cm³/mol. The van der Waals surface area contributed by atoms with E-state index in [1.807, 2.05) is 59.2 Å². The van der Waals surface area contributed by atoms with Crippen LogP contribution in [0.15, 0.2) is 91.0 Å². The van der Waals surface area contributed by atoms with Gasteiger partial charge < -0.3 is 14.0 Å². The average Bonchev–Trinajstić information content (AvgIpc) is 3.30. The van der Waals surface area contributed by atoms with Gasteiger partial charge in [-0.3, -0.25) is 9.59 Å². The van der Waals surface area contributed by atoms with E-state index in [2.05, 4.69) is 43.3 Å². The van der Waals surface area contributed by atoms with Crippen molar-refractivity contribution in [3.8, 4) is 16.9 Å². The summed E-state index contributed by atoms with van der Waals surface area (Å²) in [6, 6.07) is 30.5. The van der Waals surface area contributed by atoms with Gasteiger partial charge in [0, 0.05) is 22.8 Å². The molecule has 0 spiro atoms. The second-order valence-corrected chi connectivity index (χ2v) is 9.32. The van der Waals surface area contributed by atoms with Crippen LogP contribution in [-0.4, -0.2) is 29.5 Å². The van der Waals surface area contributed by atoms with Gasteiger partial charge in [0.05, 0.1) is 18.9 Å². The van der Waals surface area contributed by atoms with E-state index in [0.717, 1.165) is 44.1 Å². The molecule has 0 atom stereocenters. The fourth-order valence-corrected chi connectivity index (χ4v) is 5.03. The molecule has 4 aromatic carbocycles. The van der Waals surface area contributed by atoms with Crippen molar-refractivity contribution in [3.05, 3.63) is 102 Å². The van der Waals surface area contributed by atoms with Crippen LogP contribution in [0.5, 0.6) is 5.75 Å². The first kappa shape index (κ1) is 25.3. The maximum Gasteiger partial charge on any atom is 0.313 e. The molecule has 0 unspecified atom stereocenters. The van der Waals surface area contributed by atoms with Crippen molar-refractivity contribution < 1.29 is 19.1 Å². The van der Waals surface area contributed by atoms with Crippen molar-refractivity contribution >= 4 is 33.4 Å². The molecule has 38 heavy (non-hydrogen) atoms. The molecule has 0 fully saturated rings. The van der Waals surface area contributed by atoms with Crippen LogP contribution in [0.1, 0.15) is 35.8 Å². The van der Waals surface area contributed by atoms with Gasteiger partial charge in [0.1, 0.15) is 12.2 Å². The van der Waals surface area contributed by atoms with Gasteiger partial charge in [-0.15, -0.1) is 0 Å². The van der Waals surface area contributed by atoms with Crippen LogP contribution in [0.4, 0.5) is 0 Å². The summed E-state index contributed by atoms with van der Waals surface area (Å²) in [7, 11) is 0. The van der Waals surface area contributed by atoms with E-state index in [1.165, 1.54) is 0 Å². The molecule has 0 bridgehead atoms. The van der Waals surface area contributed by atoms with Crippen molar-refractivity contribution in [1.82, 2.24) is 4.57 Å². The topological polar surface area (TPSA) is 57.5 Å².